The second-order valence-electron chi connectivity index (χ2n) is 14.1. The standard InChI is InChI=1S/C30H35N5O3.C5H11N.C5H10O.C2H6/c1-20(2)26-11-12-27(34-33-26)21-7-9-25(10-8-21)38-28-18-22(30(37)32-24-13-15-31-16-14-24)5-6-23(28)19-35-17-3-4-29(35)36;1-4(2)5(3)6;6-5-3-1-2-4-5;1-2/h5-12,18,20,24,31H,3-4,13-17,19H2,1-2H3,(H,32,37);4,6H,1-3H3;5-6H,1-4H2;1-2H3. The molecular weight excluding hydrogens is 653 g/mol. The number of rotatable bonds is 9. The summed E-state index contributed by atoms with van der Waals surface area (Å²) in [7, 11) is 0. The minimum Gasteiger partial charge on any atom is -0.457 e. The number of aliphatic hydroxyl groups excluding tert-OH is 1. The van der Waals surface area contributed by atoms with Gasteiger partial charge in [0.2, 0.25) is 5.91 Å². The Morgan fingerprint density at radius 1 is 0.962 bits per heavy atom. The molecule has 3 heterocycles. The Hall–Kier alpha value is -4.15. The van der Waals surface area contributed by atoms with E-state index >= 15 is 0 Å². The molecule has 2 saturated heterocycles. The minimum atomic E-state index is -0.107. The lowest BCUT2D eigenvalue weighted by Crippen LogP contribution is -2.42. The lowest BCUT2D eigenvalue weighted by molar-refractivity contribution is -0.128. The second kappa shape index (κ2) is 22.0. The molecule has 10 heteroatoms. The fourth-order valence-electron chi connectivity index (χ4n) is 5.76. The molecule has 52 heavy (non-hydrogen) atoms. The van der Waals surface area contributed by atoms with Gasteiger partial charge < -0.3 is 30.8 Å². The topological polar surface area (TPSA) is 141 Å². The number of likely N-dealkylation sites (tertiary alicyclic amines) is 1. The third-order valence-electron chi connectivity index (χ3n) is 9.38. The monoisotopic (exact) mass is 714 g/mol. The summed E-state index contributed by atoms with van der Waals surface area (Å²) in [5, 5.41) is 30.8. The fraction of sp³-hybridized carbons (Fsp3) is 0.548. The van der Waals surface area contributed by atoms with Crippen LogP contribution in [-0.4, -0.2) is 69.5 Å². The van der Waals surface area contributed by atoms with E-state index in [-0.39, 0.29) is 24.0 Å². The highest BCUT2D eigenvalue weighted by atomic mass is 16.5. The zero-order chi connectivity index (χ0) is 38.0. The van der Waals surface area contributed by atoms with E-state index in [9.17, 15) is 9.59 Å². The maximum Gasteiger partial charge on any atom is 0.251 e. The zero-order valence-corrected chi connectivity index (χ0v) is 32.5. The number of aliphatic hydroxyl groups is 1. The number of aromatic nitrogens is 2. The quantitative estimate of drug-likeness (QED) is 0.164. The summed E-state index contributed by atoms with van der Waals surface area (Å²) in [6, 6.07) is 17.3. The predicted molar refractivity (Wildman–Crippen MR) is 210 cm³/mol. The second-order valence-corrected chi connectivity index (χ2v) is 14.1. The SMILES string of the molecule is CC.CC(=N)C(C)C.CC(C)c1ccc(-c2ccc(Oc3cc(C(=O)NC4CCNCC4)ccc3CN3CCCC3=O)cc2)nn1.OC1CCCC1. The van der Waals surface area contributed by atoms with Crippen LogP contribution in [0.1, 0.15) is 127 Å². The van der Waals surface area contributed by atoms with Gasteiger partial charge in [0.05, 0.1) is 17.5 Å². The first kappa shape index (κ1) is 42.3. The van der Waals surface area contributed by atoms with Gasteiger partial charge in [0, 0.05) is 48.0 Å². The summed E-state index contributed by atoms with van der Waals surface area (Å²) in [6.07, 6.45) is 7.89. The molecule has 3 aromatic rings. The van der Waals surface area contributed by atoms with Crippen molar-refractivity contribution in [3.8, 4) is 22.8 Å². The fourth-order valence-corrected chi connectivity index (χ4v) is 5.76. The molecule has 6 rings (SSSR count). The number of amides is 2. The zero-order valence-electron chi connectivity index (χ0n) is 32.5. The molecule has 0 radical (unpaired) electrons. The highest BCUT2D eigenvalue weighted by molar-refractivity contribution is 5.95. The Labute approximate surface area is 311 Å². The Morgan fingerprint density at radius 2 is 1.62 bits per heavy atom. The molecule has 1 aromatic heterocycles. The van der Waals surface area contributed by atoms with Crippen molar-refractivity contribution in [2.75, 3.05) is 19.6 Å². The summed E-state index contributed by atoms with van der Waals surface area (Å²) in [4.78, 5) is 27.2. The molecule has 1 aliphatic carbocycles. The number of carbonyl (C=O) groups excluding carboxylic acids is 2. The van der Waals surface area contributed by atoms with Crippen LogP contribution in [0, 0.1) is 11.3 Å². The molecule has 4 N–H and O–H groups in total. The van der Waals surface area contributed by atoms with Crippen molar-refractivity contribution in [2.45, 2.75) is 124 Å². The smallest absolute Gasteiger partial charge is 0.251 e. The van der Waals surface area contributed by atoms with Gasteiger partial charge in [-0.15, -0.1) is 0 Å². The summed E-state index contributed by atoms with van der Waals surface area (Å²) >= 11 is 0. The van der Waals surface area contributed by atoms with Crippen LogP contribution in [0.15, 0.2) is 54.6 Å². The molecule has 3 aliphatic rings. The van der Waals surface area contributed by atoms with Crippen LogP contribution in [0.25, 0.3) is 11.3 Å². The first-order chi connectivity index (χ1) is 25.0. The molecule has 2 aliphatic heterocycles. The Morgan fingerprint density at radius 3 is 2.12 bits per heavy atom. The molecule has 1 saturated carbocycles. The number of benzene rings is 2. The van der Waals surface area contributed by atoms with Crippen LogP contribution < -0.4 is 15.4 Å². The van der Waals surface area contributed by atoms with Crippen molar-refractivity contribution >= 4 is 17.5 Å². The number of nitrogens with one attached hydrogen (secondary N) is 3. The molecular formula is C42H62N6O4. The van der Waals surface area contributed by atoms with Gasteiger partial charge in [-0.1, -0.05) is 60.5 Å². The van der Waals surface area contributed by atoms with E-state index in [1.54, 1.807) is 6.07 Å². The lowest BCUT2D eigenvalue weighted by Gasteiger charge is -2.24. The van der Waals surface area contributed by atoms with Gasteiger partial charge in [0.1, 0.15) is 11.5 Å². The van der Waals surface area contributed by atoms with Crippen molar-refractivity contribution < 1.29 is 19.4 Å². The molecule has 284 valence electrons. The van der Waals surface area contributed by atoms with Crippen LogP contribution in [0.2, 0.25) is 0 Å². The van der Waals surface area contributed by atoms with Crippen LogP contribution >= 0.6 is 0 Å². The maximum atomic E-state index is 13.0. The number of carbonyl (C=O) groups is 2. The molecule has 2 amide bonds. The Bertz CT molecular complexity index is 1530. The average Bonchev–Trinajstić information content (AvgIpc) is 3.81. The first-order valence-corrected chi connectivity index (χ1v) is 19.3. The van der Waals surface area contributed by atoms with Crippen LogP contribution in [-0.2, 0) is 11.3 Å². The number of nitrogens with zero attached hydrogens (tertiary/aromatic N) is 3. The highest BCUT2D eigenvalue weighted by Crippen LogP contribution is 2.31. The Kier molecular flexibility index (Phi) is 17.9. The summed E-state index contributed by atoms with van der Waals surface area (Å²) in [5.41, 5.74) is 4.88. The van der Waals surface area contributed by atoms with Crippen LogP contribution in [0.4, 0.5) is 0 Å². The van der Waals surface area contributed by atoms with E-state index in [1.165, 1.54) is 12.8 Å². The summed E-state index contributed by atoms with van der Waals surface area (Å²) in [6.45, 7) is 17.1. The van der Waals surface area contributed by atoms with E-state index in [0.717, 1.165) is 80.0 Å². The maximum absolute atomic E-state index is 13.0. The van der Waals surface area contributed by atoms with Gasteiger partial charge in [-0.05, 0) is 112 Å². The van der Waals surface area contributed by atoms with Gasteiger partial charge in [-0.25, -0.2) is 0 Å². The minimum absolute atomic E-state index is 0.0463. The van der Waals surface area contributed by atoms with Crippen molar-refractivity contribution in [3.63, 3.8) is 0 Å². The number of ether oxygens (including phenoxy) is 1. The molecule has 3 fully saturated rings. The van der Waals surface area contributed by atoms with E-state index in [0.29, 0.717) is 41.9 Å². The summed E-state index contributed by atoms with van der Waals surface area (Å²) in [5.74, 6) is 2.03. The largest absolute Gasteiger partial charge is 0.457 e. The van der Waals surface area contributed by atoms with Gasteiger partial charge in [-0.2, -0.15) is 10.2 Å². The van der Waals surface area contributed by atoms with E-state index in [2.05, 4.69) is 34.7 Å². The van der Waals surface area contributed by atoms with Gasteiger partial charge >= 0.3 is 0 Å². The number of piperidine rings is 1. The van der Waals surface area contributed by atoms with Crippen LogP contribution in [0.5, 0.6) is 11.5 Å². The molecule has 0 atom stereocenters. The van der Waals surface area contributed by atoms with Crippen LogP contribution in [0.3, 0.4) is 0 Å². The normalized spacial score (nSPS) is 16.0. The predicted octanol–water partition coefficient (Wildman–Crippen LogP) is 8.29. The van der Waals surface area contributed by atoms with Gasteiger partial charge in [0.25, 0.3) is 5.91 Å². The lowest BCUT2D eigenvalue weighted by atomic mass is 10.0. The molecule has 0 unspecified atom stereocenters. The van der Waals surface area contributed by atoms with Crippen molar-refractivity contribution in [3.05, 3.63) is 71.4 Å². The van der Waals surface area contributed by atoms with Crippen molar-refractivity contribution in [1.82, 2.24) is 25.7 Å². The van der Waals surface area contributed by atoms with E-state index in [4.69, 9.17) is 15.3 Å². The third-order valence-corrected chi connectivity index (χ3v) is 9.38. The average molecular weight is 715 g/mol. The number of hydrogen-bond acceptors (Lipinski definition) is 8. The molecule has 10 nitrogen and oxygen atoms in total. The molecule has 2 aromatic carbocycles. The van der Waals surface area contributed by atoms with Gasteiger partial charge in [0.15, 0.2) is 0 Å². The number of hydrogen-bond donors (Lipinski definition) is 4. The first-order valence-electron chi connectivity index (χ1n) is 19.3. The highest BCUT2D eigenvalue weighted by Gasteiger charge is 2.23. The third kappa shape index (κ3) is 13.8. The Balaban J connectivity index is 0.000000440. The van der Waals surface area contributed by atoms with Gasteiger partial charge in [-0.3, -0.25) is 9.59 Å². The molecule has 0 bridgehead atoms. The van der Waals surface area contributed by atoms with Crippen molar-refractivity contribution in [2.24, 2.45) is 5.92 Å². The van der Waals surface area contributed by atoms with E-state index in [1.807, 2.05) is 88.0 Å². The van der Waals surface area contributed by atoms with Crippen molar-refractivity contribution in [1.29, 1.82) is 5.41 Å². The van der Waals surface area contributed by atoms with E-state index < -0.39 is 0 Å². The summed E-state index contributed by atoms with van der Waals surface area (Å²) < 4.78 is 6.31. The molecule has 0 spiro atoms.